The van der Waals surface area contributed by atoms with Crippen LogP contribution in [-0.2, 0) is 18.4 Å². The Kier molecular flexibility index (Phi) is 27.6. The molecule has 8 nitrogen and oxygen atoms in total. The van der Waals surface area contributed by atoms with Crippen LogP contribution >= 0.6 is 7.82 Å². The first kappa shape index (κ1) is 43.0. The normalized spacial score (nSPS) is 15.2. The zero-order valence-electron chi connectivity index (χ0n) is 29.1. The van der Waals surface area contributed by atoms with Gasteiger partial charge < -0.3 is 28.8 Å². The van der Waals surface area contributed by atoms with Crippen LogP contribution in [0, 0.1) is 0 Å². The number of amides is 1. The fourth-order valence-corrected chi connectivity index (χ4v) is 5.48. The first-order chi connectivity index (χ1) is 21.0. The average molecular weight is 645 g/mol. The quantitative estimate of drug-likeness (QED) is 0.0343. The minimum absolute atomic E-state index is 0.00519. The van der Waals surface area contributed by atoms with Crippen LogP contribution in [0.4, 0.5) is 0 Å². The van der Waals surface area contributed by atoms with Gasteiger partial charge in [0.15, 0.2) is 0 Å². The number of allylic oxidation sites excluding steroid dienone is 3. The lowest BCUT2D eigenvalue weighted by Crippen LogP contribution is -2.45. The number of hydrogen-bond donors (Lipinski definition) is 2. The lowest BCUT2D eigenvalue weighted by atomic mass is 10.0. The number of nitrogens with one attached hydrogen (secondary N) is 1. The summed E-state index contributed by atoms with van der Waals surface area (Å²) < 4.78 is 23.0. The molecule has 0 fully saturated rings. The molecule has 0 radical (unpaired) electrons. The standard InChI is InChI=1S/C35H69N2O6P/c1-6-8-10-12-14-16-17-18-19-21-23-25-27-29-35(39)36-33(32-43-44(40,41)42-31-30-37(3,4)5)34(38)28-26-24-22-20-15-13-11-9-7-2/h15,20,26,28,33-34,38H,6-14,16-19,21-25,27,29-32H2,1-5H3,(H-,36,39,40,41)/b20-15+,28-26+. The van der Waals surface area contributed by atoms with Gasteiger partial charge in [0.25, 0.3) is 7.82 Å². The van der Waals surface area contributed by atoms with Crippen LogP contribution in [0.3, 0.4) is 0 Å². The van der Waals surface area contributed by atoms with Crippen LogP contribution in [-0.4, -0.2) is 68.5 Å². The molecule has 0 aliphatic carbocycles. The predicted octanol–water partition coefficient (Wildman–Crippen LogP) is 7.99. The fourth-order valence-electron chi connectivity index (χ4n) is 4.75. The largest absolute Gasteiger partial charge is 0.756 e. The monoisotopic (exact) mass is 644 g/mol. The highest BCUT2D eigenvalue weighted by Gasteiger charge is 2.23. The number of carbonyl (C=O) groups excluding carboxylic acids is 1. The predicted molar refractivity (Wildman–Crippen MR) is 182 cm³/mol. The number of aliphatic hydroxyl groups excluding tert-OH is 1. The number of phosphoric ester groups is 1. The SMILES string of the molecule is CCCCC/C=C/CC/C=C/C(O)C(COP(=O)([O-])OCC[N+](C)(C)C)NC(=O)CCCCCCCCCCCCCCC. The molecule has 0 aliphatic rings. The zero-order valence-corrected chi connectivity index (χ0v) is 30.0. The van der Waals surface area contributed by atoms with Crippen molar-refractivity contribution in [1.82, 2.24) is 5.32 Å². The highest BCUT2D eigenvalue weighted by Crippen LogP contribution is 2.38. The van der Waals surface area contributed by atoms with Crippen molar-refractivity contribution in [3.05, 3.63) is 24.3 Å². The van der Waals surface area contributed by atoms with Crippen LogP contribution in [0.25, 0.3) is 0 Å². The molecule has 0 rings (SSSR count). The number of likely N-dealkylation sites (N-methyl/N-ethyl adjacent to an activating group) is 1. The van der Waals surface area contributed by atoms with Crippen molar-refractivity contribution in [3.63, 3.8) is 0 Å². The van der Waals surface area contributed by atoms with E-state index < -0.39 is 26.6 Å². The highest BCUT2D eigenvalue weighted by atomic mass is 31.2. The maximum Gasteiger partial charge on any atom is 0.268 e. The van der Waals surface area contributed by atoms with E-state index in [1.165, 1.54) is 83.5 Å². The lowest BCUT2D eigenvalue weighted by Gasteiger charge is -2.29. The van der Waals surface area contributed by atoms with E-state index in [0.717, 1.165) is 38.5 Å². The number of carbonyl (C=O) groups is 1. The van der Waals surface area contributed by atoms with Crippen LogP contribution in [0.1, 0.15) is 142 Å². The van der Waals surface area contributed by atoms with Gasteiger partial charge in [-0.2, -0.15) is 0 Å². The molecule has 0 saturated carbocycles. The molecule has 0 bridgehead atoms. The number of nitrogens with zero attached hydrogens (tertiary/aromatic N) is 1. The maximum atomic E-state index is 12.7. The number of phosphoric acid groups is 1. The number of hydrogen-bond acceptors (Lipinski definition) is 6. The summed E-state index contributed by atoms with van der Waals surface area (Å²) in [6.45, 7) is 4.54. The molecule has 1 amide bonds. The van der Waals surface area contributed by atoms with Gasteiger partial charge in [0.1, 0.15) is 13.2 Å². The third-order valence-electron chi connectivity index (χ3n) is 7.66. The molecule has 0 aromatic rings. The highest BCUT2D eigenvalue weighted by molar-refractivity contribution is 7.45. The maximum absolute atomic E-state index is 12.7. The lowest BCUT2D eigenvalue weighted by molar-refractivity contribution is -0.870. The van der Waals surface area contributed by atoms with Crippen molar-refractivity contribution in [2.45, 2.75) is 154 Å². The van der Waals surface area contributed by atoms with E-state index in [4.69, 9.17) is 9.05 Å². The minimum atomic E-state index is -4.57. The van der Waals surface area contributed by atoms with E-state index in [-0.39, 0.29) is 12.5 Å². The Hall–Kier alpha value is -1.02. The molecular weight excluding hydrogens is 575 g/mol. The van der Waals surface area contributed by atoms with Crippen molar-refractivity contribution in [2.24, 2.45) is 0 Å². The zero-order chi connectivity index (χ0) is 32.9. The molecule has 3 atom stereocenters. The summed E-state index contributed by atoms with van der Waals surface area (Å²) in [5.74, 6) is -0.212. The molecule has 0 aromatic heterocycles. The number of aliphatic hydroxyl groups is 1. The van der Waals surface area contributed by atoms with Gasteiger partial charge in [-0.1, -0.05) is 128 Å². The summed E-state index contributed by atoms with van der Waals surface area (Å²) in [5.41, 5.74) is 0. The van der Waals surface area contributed by atoms with Crippen molar-refractivity contribution < 1.29 is 32.9 Å². The summed E-state index contributed by atoms with van der Waals surface area (Å²) in [5, 5.41) is 13.6. The van der Waals surface area contributed by atoms with Crippen molar-refractivity contribution in [3.8, 4) is 0 Å². The van der Waals surface area contributed by atoms with Crippen LogP contribution in [0.5, 0.6) is 0 Å². The molecule has 260 valence electrons. The van der Waals surface area contributed by atoms with E-state index in [1.54, 1.807) is 6.08 Å². The third kappa shape index (κ3) is 29.7. The average Bonchev–Trinajstić information content (AvgIpc) is 2.95. The Labute approximate surface area is 271 Å². The van der Waals surface area contributed by atoms with E-state index in [1.807, 2.05) is 27.2 Å². The molecule has 0 saturated heterocycles. The first-order valence-electron chi connectivity index (χ1n) is 17.7. The summed E-state index contributed by atoms with van der Waals surface area (Å²) >= 11 is 0. The summed E-state index contributed by atoms with van der Waals surface area (Å²) in [7, 11) is 1.24. The van der Waals surface area contributed by atoms with Crippen molar-refractivity contribution in [1.29, 1.82) is 0 Å². The van der Waals surface area contributed by atoms with Gasteiger partial charge in [0, 0.05) is 6.42 Å². The Morgan fingerprint density at radius 3 is 1.84 bits per heavy atom. The van der Waals surface area contributed by atoms with Gasteiger partial charge in [-0.15, -0.1) is 0 Å². The number of unbranched alkanes of at least 4 members (excludes halogenated alkanes) is 16. The van der Waals surface area contributed by atoms with Gasteiger partial charge in [0.05, 0.1) is 39.9 Å². The Morgan fingerprint density at radius 2 is 1.27 bits per heavy atom. The van der Waals surface area contributed by atoms with Crippen molar-refractivity contribution >= 4 is 13.7 Å². The van der Waals surface area contributed by atoms with Gasteiger partial charge in [0.2, 0.25) is 5.91 Å². The molecule has 2 N–H and O–H groups in total. The van der Waals surface area contributed by atoms with Crippen LogP contribution in [0.15, 0.2) is 24.3 Å². The van der Waals surface area contributed by atoms with Crippen LogP contribution < -0.4 is 10.2 Å². The topological polar surface area (TPSA) is 108 Å². The molecule has 0 heterocycles. The Bertz CT molecular complexity index is 784. The van der Waals surface area contributed by atoms with Gasteiger partial charge >= 0.3 is 0 Å². The molecule has 3 unspecified atom stereocenters. The number of rotatable bonds is 31. The van der Waals surface area contributed by atoms with E-state index in [0.29, 0.717) is 17.4 Å². The van der Waals surface area contributed by atoms with E-state index in [2.05, 4.69) is 31.3 Å². The Balaban J connectivity index is 4.57. The molecule has 0 aliphatic heterocycles. The second kappa shape index (κ2) is 28.2. The molecule has 0 spiro atoms. The van der Waals surface area contributed by atoms with Crippen LogP contribution in [0.2, 0.25) is 0 Å². The Morgan fingerprint density at radius 1 is 0.773 bits per heavy atom. The first-order valence-corrected chi connectivity index (χ1v) is 19.2. The molecule has 44 heavy (non-hydrogen) atoms. The minimum Gasteiger partial charge on any atom is -0.756 e. The molecule has 0 aromatic carbocycles. The van der Waals surface area contributed by atoms with Gasteiger partial charge in [-0.25, -0.2) is 0 Å². The molecule has 9 heteroatoms. The fraction of sp³-hybridized carbons (Fsp3) is 0.857. The van der Waals surface area contributed by atoms with Gasteiger partial charge in [-0.3, -0.25) is 9.36 Å². The second-order valence-corrected chi connectivity index (χ2v) is 14.6. The van der Waals surface area contributed by atoms with Crippen molar-refractivity contribution in [2.75, 3.05) is 40.9 Å². The summed E-state index contributed by atoms with van der Waals surface area (Å²) in [6, 6.07) is -0.894. The van der Waals surface area contributed by atoms with Gasteiger partial charge in [-0.05, 0) is 32.1 Å². The second-order valence-electron chi connectivity index (χ2n) is 13.2. The van der Waals surface area contributed by atoms with E-state index in [9.17, 15) is 19.4 Å². The summed E-state index contributed by atoms with van der Waals surface area (Å²) in [6.07, 6.45) is 29.4. The number of quaternary nitrogens is 1. The third-order valence-corrected chi connectivity index (χ3v) is 8.63. The summed E-state index contributed by atoms with van der Waals surface area (Å²) in [4.78, 5) is 25.0. The van der Waals surface area contributed by atoms with E-state index >= 15 is 0 Å². The molecular formula is C35H69N2O6P. The smallest absolute Gasteiger partial charge is 0.268 e.